The maximum atomic E-state index is 13.7. The Morgan fingerprint density at radius 1 is 0.927 bits per heavy atom. The van der Waals surface area contributed by atoms with Gasteiger partial charge in [0.25, 0.3) is 11.5 Å². The van der Waals surface area contributed by atoms with Crippen LogP contribution >= 0.6 is 0 Å². The lowest BCUT2D eigenvalue weighted by Crippen LogP contribution is -2.37. The van der Waals surface area contributed by atoms with E-state index in [-0.39, 0.29) is 18.0 Å². The summed E-state index contributed by atoms with van der Waals surface area (Å²) in [4.78, 5) is 31.7. The van der Waals surface area contributed by atoms with Gasteiger partial charge in [-0.1, -0.05) is 43.5 Å². The fourth-order valence-corrected chi connectivity index (χ4v) is 6.34. The van der Waals surface area contributed by atoms with Crippen molar-refractivity contribution in [1.29, 1.82) is 0 Å². The van der Waals surface area contributed by atoms with E-state index in [4.69, 9.17) is 0 Å². The van der Waals surface area contributed by atoms with Gasteiger partial charge in [0.15, 0.2) is 0 Å². The monoisotopic (exact) mass is 554 g/mol. The van der Waals surface area contributed by atoms with Gasteiger partial charge in [-0.25, -0.2) is 0 Å². The zero-order valence-corrected chi connectivity index (χ0v) is 25.2. The molecule has 3 aromatic rings. The van der Waals surface area contributed by atoms with Crippen LogP contribution in [0.2, 0.25) is 0 Å². The van der Waals surface area contributed by atoms with Crippen LogP contribution in [0.5, 0.6) is 0 Å². The lowest BCUT2D eigenvalue weighted by atomic mass is 9.91. The molecule has 2 aliphatic rings. The van der Waals surface area contributed by atoms with E-state index in [2.05, 4.69) is 64.7 Å². The van der Waals surface area contributed by atoms with Crippen molar-refractivity contribution in [1.82, 2.24) is 15.6 Å². The predicted molar refractivity (Wildman–Crippen MR) is 169 cm³/mol. The van der Waals surface area contributed by atoms with E-state index in [1.807, 2.05) is 26.0 Å². The summed E-state index contributed by atoms with van der Waals surface area (Å²) in [5.74, 6) is 0.717. The molecule has 2 aromatic carbocycles. The Balaban J connectivity index is 1.45. The molecule has 218 valence electrons. The molecule has 0 atom stereocenters. The van der Waals surface area contributed by atoms with Crippen LogP contribution in [0.25, 0.3) is 11.1 Å². The number of H-pyrrole nitrogens is 1. The molecule has 3 N–H and O–H groups in total. The van der Waals surface area contributed by atoms with Crippen molar-refractivity contribution in [3.63, 3.8) is 0 Å². The summed E-state index contributed by atoms with van der Waals surface area (Å²) in [5.41, 5.74) is 8.40. The summed E-state index contributed by atoms with van der Waals surface area (Å²) in [6.45, 7) is 11.2. The molecule has 1 amide bonds. The van der Waals surface area contributed by atoms with E-state index >= 15 is 0 Å². The summed E-state index contributed by atoms with van der Waals surface area (Å²) in [7, 11) is 0. The van der Waals surface area contributed by atoms with Crippen molar-refractivity contribution in [3.05, 3.63) is 86.3 Å². The lowest BCUT2D eigenvalue weighted by molar-refractivity contribution is 0.0950. The molecule has 6 nitrogen and oxygen atoms in total. The highest BCUT2D eigenvalue weighted by Crippen LogP contribution is 2.35. The van der Waals surface area contributed by atoms with Crippen molar-refractivity contribution < 1.29 is 4.79 Å². The number of carbonyl (C=O) groups excluding carboxylic acids is 1. The average Bonchev–Trinajstić information content (AvgIpc) is 3.79. The SMILES string of the molecule is CCN(c1cc(-c2ccc(CNCC3CC3)cc2)cc(C(=O)NCc2c(C)cc(C)[nH]c2=O)c1C)C1CCCCC1. The number of aryl methyl sites for hydroxylation is 2. The Hall–Kier alpha value is -3.38. The number of hydrogen-bond donors (Lipinski definition) is 3. The minimum atomic E-state index is -0.148. The third-order valence-corrected chi connectivity index (χ3v) is 8.96. The smallest absolute Gasteiger partial charge is 0.253 e. The van der Waals surface area contributed by atoms with Crippen molar-refractivity contribution in [3.8, 4) is 11.1 Å². The Morgan fingerprint density at radius 2 is 1.66 bits per heavy atom. The van der Waals surface area contributed by atoms with Gasteiger partial charge in [-0.15, -0.1) is 0 Å². The molecule has 2 aliphatic carbocycles. The number of anilines is 1. The lowest BCUT2D eigenvalue weighted by Gasteiger charge is -2.37. The van der Waals surface area contributed by atoms with Crippen LogP contribution in [0.3, 0.4) is 0 Å². The number of benzene rings is 2. The van der Waals surface area contributed by atoms with E-state index in [1.165, 1.54) is 50.5 Å². The van der Waals surface area contributed by atoms with E-state index in [0.717, 1.165) is 59.2 Å². The van der Waals surface area contributed by atoms with E-state index in [1.54, 1.807) is 0 Å². The molecular weight excluding hydrogens is 508 g/mol. The molecule has 0 spiro atoms. The minimum Gasteiger partial charge on any atom is -0.369 e. The molecule has 0 aliphatic heterocycles. The molecule has 6 heteroatoms. The molecule has 41 heavy (non-hydrogen) atoms. The molecule has 2 saturated carbocycles. The van der Waals surface area contributed by atoms with Crippen LogP contribution in [-0.2, 0) is 13.1 Å². The normalized spacial score (nSPS) is 15.6. The number of rotatable bonds is 11. The molecular formula is C35H46N4O2. The van der Waals surface area contributed by atoms with Gasteiger partial charge in [0.1, 0.15) is 0 Å². The first kappa shape index (κ1) is 29.1. The molecule has 2 fully saturated rings. The largest absolute Gasteiger partial charge is 0.369 e. The molecule has 1 heterocycles. The van der Waals surface area contributed by atoms with E-state index in [0.29, 0.717) is 17.2 Å². The third-order valence-electron chi connectivity index (χ3n) is 8.96. The zero-order valence-electron chi connectivity index (χ0n) is 25.2. The van der Waals surface area contributed by atoms with Gasteiger partial charge >= 0.3 is 0 Å². The predicted octanol–water partition coefficient (Wildman–Crippen LogP) is 6.56. The topological polar surface area (TPSA) is 77.2 Å². The molecule has 1 aromatic heterocycles. The summed E-state index contributed by atoms with van der Waals surface area (Å²) in [6, 6.07) is 15.5. The first-order chi connectivity index (χ1) is 19.8. The summed E-state index contributed by atoms with van der Waals surface area (Å²) in [5, 5.41) is 6.64. The summed E-state index contributed by atoms with van der Waals surface area (Å²) < 4.78 is 0. The number of aromatic amines is 1. The number of nitrogens with one attached hydrogen (secondary N) is 3. The maximum Gasteiger partial charge on any atom is 0.253 e. The maximum absolute atomic E-state index is 13.7. The highest BCUT2D eigenvalue weighted by atomic mass is 16.1. The highest BCUT2D eigenvalue weighted by molar-refractivity contribution is 5.99. The van der Waals surface area contributed by atoms with Gasteiger partial charge in [-0.05, 0) is 112 Å². The molecule has 0 unspecified atom stereocenters. The molecule has 0 saturated heterocycles. The van der Waals surface area contributed by atoms with Gasteiger partial charge in [0.05, 0.1) is 0 Å². The van der Waals surface area contributed by atoms with Gasteiger partial charge in [-0.3, -0.25) is 9.59 Å². The van der Waals surface area contributed by atoms with Crippen LogP contribution in [0, 0.1) is 26.7 Å². The molecule has 5 rings (SSSR count). The fourth-order valence-electron chi connectivity index (χ4n) is 6.34. The van der Waals surface area contributed by atoms with Gasteiger partial charge in [0.2, 0.25) is 0 Å². The van der Waals surface area contributed by atoms with Crippen molar-refractivity contribution in [2.24, 2.45) is 5.92 Å². The average molecular weight is 555 g/mol. The zero-order chi connectivity index (χ0) is 28.9. The number of amides is 1. The Morgan fingerprint density at radius 3 is 2.32 bits per heavy atom. The third kappa shape index (κ3) is 7.10. The van der Waals surface area contributed by atoms with Crippen LogP contribution in [-0.4, -0.2) is 30.0 Å². The van der Waals surface area contributed by atoms with Gasteiger partial charge < -0.3 is 20.5 Å². The number of aromatic nitrogens is 1. The van der Waals surface area contributed by atoms with Gasteiger partial charge in [0, 0.05) is 48.2 Å². The van der Waals surface area contributed by atoms with Crippen molar-refractivity contribution >= 4 is 11.6 Å². The Kier molecular flexibility index (Phi) is 9.29. The standard InChI is InChI=1S/C35H46N4O2/c1-5-39(30-9-7-6-8-10-30)33-19-29(28-15-13-27(14-16-28)21-36-20-26-11-12-26)18-31(25(33)4)34(40)37-22-32-23(2)17-24(3)38-35(32)41/h13-19,26,30,36H,5-12,20-22H2,1-4H3,(H,37,40)(H,38,41). The van der Waals surface area contributed by atoms with Gasteiger partial charge in [-0.2, -0.15) is 0 Å². The highest BCUT2D eigenvalue weighted by Gasteiger charge is 2.25. The number of nitrogens with zero attached hydrogens (tertiary/aromatic N) is 1. The van der Waals surface area contributed by atoms with Crippen molar-refractivity contribution in [2.45, 2.75) is 91.8 Å². The minimum absolute atomic E-state index is 0.143. The van der Waals surface area contributed by atoms with Crippen LogP contribution in [0.4, 0.5) is 5.69 Å². The second-order valence-electron chi connectivity index (χ2n) is 12.1. The fraction of sp³-hybridized carbons (Fsp3) is 0.486. The summed E-state index contributed by atoms with van der Waals surface area (Å²) in [6.07, 6.45) is 8.92. The summed E-state index contributed by atoms with van der Waals surface area (Å²) >= 11 is 0. The first-order valence-electron chi connectivity index (χ1n) is 15.5. The van der Waals surface area contributed by atoms with E-state index in [9.17, 15) is 9.59 Å². The van der Waals surface area contributed by atoms with Crippen LogP contribution in [0.15, 0.2) is 47.3 Å². The quantitative estimate of drug-likeness (QED) is 0.251. The first-order valence-corrected chi connectivity index (χ1v) is 15.5. The second kappa shape index (κ2) is 13.1. The van der Waals surface area contributed by atoms with Crippen LogP contribution in [0.1, 0.15) is 90.2 Å². The van der Waals surface area contributed by atoms with Crippen molar-refractivity contribution in [2.75, 3.05) is 18.0 Å². The van der Waals surface area contributed by atoms with E-state index < -0.39 is 0 Å². The number of carbonyl (C=O) groups is 1. The number of pyridine rings is 1. The molecule has 0 radical (unpaired) electrons. The van der Waals surface area contributed by atoms with Crippen LogP contribution < -0.4 is 21.1 Å². The Bertz CT molecular complexity index is 1420. The molecule has 0 bridgehead atoms. The Labute approximate surface area is 245 Å². The second-order valence-corrected chi connectivity index (χ2v) is 12.1. The number of hydrogen-bond acceptors (Lipinski definition) is 4.